The molecule has 92 valence electrons. The minimum absolute atomic E-state index is 0.532. The fraction of sp³-hybridized carbons (Fsp3) is 0.857. The highest BCUT2D eigenvalue weighted by Gasteiger charge is 2.39. The van der Waals surface area contributed by atoms with Crippen molar-refractivity contribution >= 4 is 0 Å². The smallest absolute Gasteiger partial charge is 0.0213 e. The average molecular weight is 222 g/mol. The van der Waals surface area contributed by atoms with E-state index in [2.05, 4.69) is 12.0 Å². The molecule has 2 fully saturated rings. The summed E-state index contributed by atoms with van der Waals surface area (Å²) in [7, 11) is 0. The van der Waals surface area contributed by atoms with Gasteiger partial charge in [-0.1, -0.05) is 12.5 Å². The third-order valence-corrected chi connectivity index (χ3v) is 4.67. The summed E-state index contributed by atoms with van der Waals surface area (Å²) in [4.78, 5) is 0. The standard InChI is InChI=1S/C14H26N2/c1-2-3-4-5-14(16-15)10-13-9-11-6-7-12(13)8-11/h2,11-14,16H,1,3-10,15H2. The molecule has 2 heteroatoms. The van der Waals surface area contributed by atoms with Gasteiger partial charge in [0.1, 0.15) is 0 Å². The summed E-state index contributed by atoms with van der Waals surface area (Å²) in [5.74, 6) is 8.70. The maximum atomic E-state index is 5.66. The Morgan fingerprint density at radius 2 is 2.25 bits per heavy atom. The number of rotatable bonds is 7. The Hall–Kier alpha value is -0.340. The number of hydrogen-bond donors (Lipinski definition) is 2. The fourth-order valence-electron chi connectivity index (χ4n) is 3.81. The number of nitrogens with two attached hydrogens (primary N) is 1. The lowest BCUT2D eigenvalue weighted by molar-refractivity contribution is 0.271. The van der Waals surface area contributed by atoms with E-state index in [4.69, 9.17) is 5.84 Å². The van der Waals surface area contributed by atoms with Gasteiger partial charge >= 0.3 is 0 Å². The van der Waals surface area contributed by atoms with Crippen LogP contribution in [0.2, 0.25) is 0 Å². The van der Waals surface area contributed by atoms with E-state index < -0.39 is 0 Å². The number of fused-ring (bicyclic) bond motifs is 2. The molecule has 2 aliphatic rings. The first-order valence-corrected chi connectivity index (χ1v) is 6.90. The van der Waals surface area contributed by atoms with E-state index in [1.807, 2.05) is 6.08 Å². The van der Waals surface area contributed by atoms with Gasteiger partial charge in [-0.25, -0.2) is 0 Å². The van der Waals surface area contributed by atoms with E-state index in [9.17, 15) is 0 Å². The second kappa shape index (κ2) is 5.83. The molecule has 4 atom stereocenters. The molecule has 16 heavy (non-hydrogen) atoms. The first kappa shape index (κ1) is 12.1. The van der Waals surface area contributed by atoms with Gasteiger partial charge in [0.05, 0.1) is 0 Å². The molecule has 2 bridgehead atoms. The van der Waals surface area contributed by atoms with Crippen molar-refractivity contribution in [2.45, 2.75) is 57.4 Å². The van der Waals surface area contributed by atoms with Gasteiger partial charge in [0.15, 0.2) is 0 Å². The molecule has 2 aliphatic carbocycles. The average Bonchev–Trinajstić information content (AvgIpc) is 2.89. The zero-order valence-corrected chi connectivity index (χ0v) is 10.3. The summed E-state index contributed by atoms with van der Waals surface area (Å²) >= 11 is 0. The van der Waals surface area contributed by atoms with Crippen molar-refractivity contribution in [3.05, 3.63) is 12.7 Å². The van der Waals surface area contributed by atoms with Gasteiger partial charge in [-0.05, 0) is 62.7 Å². The van der Waals surface area contributed by atoms with Crippen LogP contribution in [0.1, 0.15) is 51.4 Å². The molecule has 0 aromatic heterocycles. The Morgan fingerprint density at radius 3 is 2.81 bits per heavy atom. The molecule has 2 saturated carbocycles. The van der Waals surface area contributed by atoms with Crippen LogP contribution < -0.4 is 11.3 Å². The first-order valence-electron chi connectivity index (χ1n) is 6.90. The Balaban J connectivity index is 1.71. The second-order valence-electron chi connectivity index (χ2n) is 5.75. The fourth-order valence-corrected chi connectivity index (χ4v) is 3.81. The third kappa shape index (κ3) is 2.86. The molecule has 4 unspecified atom stereocenters. The van der Waals surface area contributed by atoms with Gasteiger partial charge in [0.2, 0.25) is 0 Å². The van der Waals surface area contributed by atoms with Crippen molar-refractivity contribution in [2.75, 3.05) is 0 Å². The zero-order chi connectivity index (χ0) is 11.4. The highest BCUT2D eigenvalue weighted by Crippen LogP contribution is 2.49. The van der Waals surface area contributed by atoms with Crippen LogP contribution in [0, 0.1) is 17.8 Å². The predicted molar refractivity (Wildman–Crippen MR) is 68.7 cm³/mol. The van der Waals surface area contributed by atoms with E-state index in [-0.39, 0.29) is 0 Å². The van der Waals surface area contributed by atoms with E-state index in [0.29, 0.717) is 6.04 Å². The maximum Gasteiger partial charge on any atom is 0.0213 e. The van der Waals surface area contributed by atoms with Gasteiger partial charge in [-0.3, -0.25) is 11.3 Å². The highest BCUT2D eigenvalue weighted by atomic mass is 15.2. The van der Waals surface area contributed by atoms with Crippen LogP contribution in [0.3, 0.4) is 0 Å². The van der Waals surface area contributed by atoms with Crippen LogP contribution in [0.5, 0.6) is 0 Å². The van der Waals surface area contributed by atoms with E-state index in [0.717, 1.165) is 24.2 Å². The maximum absolute atomic E-state index is 5.66. The Labute approximate surface area is 99.6 Å². The lowest BCUT2D eigenvalue weighted by atomic mass is 9.83. The lowest BCUT2D eigenvalue weighted by Gasteiger charge is -2.26. The van der Waals surface area contributed by atoms with Gasteiger partial charge in [0.25, 0.3) is 0 Å². The predicted octanol–water partition coefficient (Wildman–Crippen LogP) is 3.00. The van der Waals surface area contributed by atoms with Gasteiger partial charge in [-0.2, -0.15) is 0 Å². The minimum atomic E-state index is 0.532. The normalized spacial score (nSPS) is 34.2. The quantitative estimate of drug-likeness (QED) is 0.301. The molecule has 0 radical (unpaired) electrons. The van der Waals surface area contributed by atoms with E-state index >= 15 is 0 Å². The van der Waals surface area contributed by atoms with Crippen molar-refractivity contribution in [3.8, 4) is 0 Å². The summed E-state index contributed by atoms with van der Waals surface area (Å²) in [5, 5.41) is 0. The topological polar surface area (TPSA) is 38.0 Å². The van der Waals surface area contributed by atoms with E-state index in [1.54, 1.807) is 0 Å². The number of nitrogens with one attached hydrogen (secondary N) is 1. The summed E-state index contributed by atoms with van der Waals surface area (Å²) < 4.78 is 0. The molecule has 3 N–H and O–H groups in total. The van der Waals surface area contributed by atoms with Crippen molar-refractivity contribution in [3.63, 3.8) is 0 Å². The van der Waals surface area contributed by atoms with Gasteiger partial charge in [0, 0.05) is 6.04 Å². The third-order valence-electron chi connectivity index (χ3n) is 4.67. The first-order chi connectivity index (χ1) is 7.83. The Kier molecular flexibility index (Phi) is 4.42. The Bertz CT molecular complexity index is 227. The molecule has 0 saturated heterocycles. The van der Waals surface area contributed by atoms with Gasteiger partial charge in [-0.15, -0.1) is 6.58 Å². The van der Waals surface area contributed by atoms with Crippen LogP contribution in [0.4, 0.5) is 0 Å². The molecule has 2 nitrogen and oxygen atoms in total. The summed E-state index contributed by atoms with van der Waals surface area (Å²) in [6.45, 7) is 3.77. The molecular formula is C14H26N2. The second-order valence-corrected chi connectivity index (χ2v) is 5.75. The number of unbranched alkanes of at least 4 members (excludes halogenated alkanes) is 1. The van der Waals surface area contributed by atoms with Crippen LogP contribution >= 0.6 is 0 Å². The largest absolute Gasteiger partial charge is 0.271 e. The monoisotopic (exact) mass is 222 g/mol. The summed E-state index contributed by atoms with van der Waals surface area (Å²) in [5.41, 5.74) is 3.01. The number of hydrazine groups is 1. The minimum Gasteiger partial charge on any atom is -0.271 e. The van der Waals surface area contributed by atoms with Crippen LogP contribution in [0.25, 0.3) is 0 Å². The number of allylic oxidation sites excluding steroid dienone is 1. The van der Waals surface area contributed by atoms with Crippen LogP contribution in [-0.2, 0) is 0 Å². The van der Waals surface area contributed by atoms with Crippen LogP contribution in [-0.4, -0.2) is 6.04 Å². The molecule has 0 aromatic carbocycles. The van der Waals surface area contributed by atoms with Crippen molar-refractivity contribution < 1.29 is 0 Å². The number of hydrogen-bond acceptors (Lipinski definition) is 2. The zero-order valence-electron chi connectivity index (χ0n) is 10.3. The van der Waals surface area contributed by atoms with Crippen molar-refractivity contribution in [2.24, 2.45) is 23.6 Å². The molecular weight excluding hydrogens is 196 g/mol. The molecule has 0 spiro atoms. The molecule has 0 aromatic rings. The Morgan fingerprint density at radius 1 is 1.38 bits per heavy atom. The summed E-state index contributed by atoms with van der Waals surface area (Å²) in [6, 6.07) is 0.532. The lowest BCUT2D eigenvalue weighted by Crippen LogP contribution is -2.37. The molecule has 0 aliphatic heterocycles. The SMILES string of the molecule is C=CCCCC(CC1CC2CCC1C2)NN. The highest BCUT2D eigenvalue weighted by molar-refractivity contribution is 4.91. The molecule has 0 amide bonds. The molecule has 2 rings (SSSR count). The summed E-state index contributed by atoms with van der Waals surface area (Å²) in [6.07, 6.45) is 12.8. The van der Waals surface area contributed by atoms with Crippen molar-refractivity contribution in [1.82, 2.24) is 5.43 Å². The van der Waals surface area contributed by atoms with Crippen LogP contribution in [0.15, 0.2) is 12.7 Å². The van der Waals surface area contributed by atoms with Gasteiger partial charge < -0.3 is 0 Å². The van der Waals surface area contributed by atoms with Crippen molar-refractivity contribution in [1.29, 1.82) is 0 Å². The van der Waals surface area contributed by atoms with E-state index in [1.165, 1.54) is 44.9 Å². The molecule has 0 heterocycles.